The highest BCUT2D eigenvalue weighted by Crippen LogP contribution is 2.25. The molecule has 1 aromatic heterocycles. The number of aliphatic imine (C=N–C) groups is 1. The third kappa shape index (κ3) is 4.82. The standard InChI is InChI=1S/C21H31N7O/c1-17(11-22)12-23-16-28-14-18-13-25(6-5-20(18)24-28)15-21(29)27-9-7-26(8-10-27)19-3-2-4-19/h11-12,14,16,19,22H,2-10,13,15H2,1H3/b17-12-,22-11?,23-16?. The van der Waals surface area contributed by atoms with Gasteiger partial charge >= 0.3 is 0 Å². The summed E-state index contributed by atoms with van der Waals surface area (Å²) >= 11 is 0. The van der Waals surface area contributed by atoms with Crippen LogP contribution >= 0.6 is 0 Å². The van der Waals surface area contributed by atoms with E-state index in [9.17, 15) is 4.79 Å². The monoisotopic (exact) mass is 397 g/mol. The Morgan fingerprint density at radius 3 is 2.76 bits per heavy atom. The molecule has 0 aromatic carbocycles. The molecule has 1 aromatic rings. The van der Waals surface area contributed by atoms with E-state index in [0.717, 1.165) is 68.6 Å². The van der Waals surface area contributed by atoms with Gasteiger partial charge < -0.3 is 10.3 Å². The summed E-state index contributed by atoms with van der Waals surface area (Å²) < 4.78 is 1.73. The van der Waals surface area contributed by atoms with E-state index in [-0.39, 0.29) is 5.91 Å². The third-order valence-electron chi connectivity index (χ3n) is 6.26. The van der Waals surface area contributed by atoms with Gasteiger partial charge in [0.2, 0.25) is 5.91 Å². The van der Waals surface area contributed by atoms with Crippen LogP contribution in [-0.4, -0.2) is 88.3 Å². The first kappa shape index (κ1) is 20.0. The Bertz CT molecular complexity index is 800. The second kappa shape index (κ2) is 9.00. The van der Waals surface area contributed by atoms with E-state index in [4.69, 9.17) is 5.41 Å². The minimum absolute atomic E-state index is 0.253. The van der Waals surface area contributed by atoms with Crippen LogP contribution in [0.3, 0.4) is 0 Å². The number of nitrogens with zero attached hydrogens (tertiary/aromatic N) is 6. The Hall–Kier alpha value is -2.32. The normalized spacial score (nSPS) is 22.0. The van der Waals surface area contributed by atoms with Gasteiger partial charge in [-0.15, -0.1) is 0 Å². The topological polar surface area (TPSA) is 80.8 Å². The summed E-state index contributed by atoms with van der Waals surface area (Å²) in [5.41, 5.74) is 3.04. The van der Waals surface area contributed by atoms with Crippen molar-refractivity contribution in [2.75, 3.05) is 39.3 Å². The number of aromatic nitrogens is 2. The largest absolute Gasteiger partial charge is 0.339 e. The average molecular weight is 398 g/mol. The lowest BCUT2D eigenvalue weighted by molar-refractivity contribution is -0.135. The van der Waals surface area contributed by atoms with Gasteiger partial charge in [-0.05, 0) is 25.3 Å². The van der Waals surface area contributed by atoms with Gasteiger partial charge in [0.05, 0.1) is 12.2 Å². The number of amides is 1. The van der Waals surface area contributed by atoms with E-state index in [2.05, 4.69) is 19.9 Å². The molecule has 29 heavy (non-hydrogen) atoms. The summed E-state index contributed by atoms with van der Waals surface area (Å²) in [6.07, 6.45) is 11.4. The van der Waals surface area contributed by atoms with E-state index < -0.39 is 0 Å². The average Bonchev–Trinajstić information content (AvgIpc) is 3.09. The number of hydrogen-bond donors (Lipinski definition) is 1. The summed E-state index contributed by atoms with van der Waals surface area (Å²) in [5, 5.41) is 11.7. The molecule has 4 rings (SSSR count). The second-order valence-electron chi connectivity index (χ2n) is 8.33. The van der Waals surface area contributed by atoms with E-state index in [1.165, 1.54) is 25.5 Å². The van der Waals surface area contributed by atoms with Crippen molar-refractivity contribution in [1.29, 1.82) is 5.41 Å². The molecule has 0 bridgehead atoms. The molecule has 1 saturated heterocycles. The molecule has 1 N–H and O–H groups in total. The van der Waals surface area contributed by atoms with Crippen LogP contribution in [0.15, 0.2) is 23.0 Å². The minimum atomic E-state index is 0.253. The van der Waals surface area contributed by atoms with Crippen molar-refractivity contribution in [3.8, 4) is 0 Å². The highest BCUT2D eigenvalue weighted by atomic mass is 16.2. The van der Waals surface area contributed by atoms with Crippen molar-refractivity contribution in [3.05, 3.63) is 29.2 Å². The van der Waals surface area contributed by atoms with Crippen LogP contribution in [0.5, 0.6) is 0 Å². The predicted octanol–water partition coefficient (Wildman–Crippen LogP) is 1.37. The lowest BCUT2D eigenvalue weighted by atomic mass is 9.91. The molecule has 8 heteroatoms. The lowest BCUT2D eigenvalue weighted by Crippen LogP contribution is -2.55. The van der Waals surface area contributed by atoms with Crippen LogP contribution in [0, 0.1) is 5.41 Å². The lowest BCUT2D eigenvalue weighted by Gasteiger charge is -2.43. The number of nitrogens with one attached hydrogen (secondary N) is 1. The van der Waals surface area contributed by atoms with Crippen molar-refractivity contribution in [1.82, 2.24) is 24.5 Å². The van der Waals surface area contributed by atoms with Gasteiger partial charge in [0, 0.05) is 75.9 Å². The fourth-order valence-electron chi connectivity index (χ4n) is 4.22. The zero-order valence-corrected chi connectivity index (χ0v) is 17.3. The minimum Gasteiger partial charge on any atom is -0.339 e. The molecule has 2 aliphatic heterocycles. The number of piperazine rings is 1. The van der Waals surface area contributed by atoms with Gasteiger partial charge in [0.15, 0.2) is 0 Å². The zero-order chi connectivity index (χ0) is 20.2. The van der Waals surface area contributed by atoms with Crippen LogP contribution < -0.4 is 0 Å². The van der Waals surface area contributed by atoms with Gasteiger partial charge in [0.25, 0.3) is 0 Å². The Morgan fingerprint density at radius 2 is 2.07 bits per heavy atom. The first-order chi connectivity index (χ1) is 14.1. The van der Waals surface area contributed by atoms with Crippen LogP contribution in [0.1, 0.15) is 37.4 Å². The van der Waals surface area contributed by atoms with E-state index in [1.807, 2.05) is 18.0 Å². The van der Waals surface area contributed by atoms with Gasteiger partial charge in [-0.25, -0.2) is 9.67 Å². The van der Waals surface area contributed by atoms with Crippen molar-refractivity contribution < 1.29 is 4.79 Å². The molecule has 8 nitrogen and oxygen atoms in total. The number of rotatable bonds is 6. The maximum absolute atomic E-state index is 12.8. The molecule has 0 atom stereocenters. The van der Waals surface area contributed by atoms with E-state index in [0.29, 0.717) is 6.54 Å². The molecule has 1 amide bonds. The molecule has 2 fully saturated rings. The summed E-state index contributed by atoms with van der Waals surface area (Å²) in [6, 6.07) is 0.775. The first-order valence-electron chi connectivity index (χ1n) is 10.6. The first-order valence-corrected chi connectivity index (χ1v) is 10.6. The molecule has 156 valence electrons. The SMILES string of the molecule is C/C(C=N)=C/N=Cn1cc2c(n1)CCN(CC(=O)N1CCN(C3CCC3)CC1)C2. The quantitative estimate of drug-likeness (QED) is 0.581. The van der Waals surface area contributed by atoms with Crippen LogP contribution in [-0.2, 0) is 17.8 Å². The van der Waals surface area contributed by atoms with Crippen molar-refractivity contribution in [2.24, 2.45) is 4.99 Å². The maximum Gasteiger partial charge on any atom is 0.236 e. The highest BCUT2D eigenvalue weighted by molar-refractivity contribution is 5.78. The van der Waals surface area contributed by atoms with E-state index in [1.54, 1.807) is 17.2 Å². The predicted molar refractivity (Wildman–Crippen MR) is 113 cm³/mol. The fraction of sp³-hybridized carbons (Fsp3) is 0.619. The van der Waals surface area contributed by atoms with Gasteiger partial charge in [-0.1, -0.05) is 6.42 Å². The molecule has 3 heterocycles. The summed E-state index contributed by atoms with van der Waals surface area (Å²) in [7, 11) is 0. The molecular formula is C21H31N7O. The molecular weight excluding hydrogens is 366 g/mol. The van der Waals surface area contributed by atoms with Crippen LogP contribution in [0.25, 0.3) is 0 Å². The number of carbonyl (C=O) groups is 1. The Kier molecular flexibility index (Phi) is 6.20. The summed E-state index contributed by atoms with van der Waals surface area (Å²) in [6.45, 7) is 7.73. The Balaban J connectivity index is 1.27. The number of carbonyl (C=O) groups excluding carboxylic acids is 1. The smallest absolute Gasteiger partial charge is 0.236 e. The summed E-state index contributed by atoms with van der Waals surface area (Å²) in [4.78, 5) is 23.8. The van der Waals surface area contributed by atoms with Crippen molar-refractivity contribution >= 4 is 18.5 Å². The summed E-state index contributed by atoms with van der Waals surface area (Å²) in [5.74, 6) is 0.253. The molecule has 1 aliphatic carbocycles. The maximum atomic E-state index is 12.8. The third-order valence-corrected chi connectivity index (χ3v) is 6.26. The molecule has 0 radical (unpaired) electrons. The Labute approximate surface area is 172 Å². The second-order valence-corrected chi connectivity index (χ2v) is 8.33. The molecule has 3 aliphatic rings. The molecule has 0 unspecified atom stereocenters. The van der Waals surface area contributed by atoms with Crippen LogP contribution in [0.4, 0.5) is 0 Å². The molecule has 0 spiro atoms. The number of hydrogen-bond acceptors (Lipinski definition) is 6. The van der Waals surface area contributed by atoms with Crippen molar-refractivity contribution in [3.63, 3.8) is 0 Å². The van der Waals surface area contributed by atoms with Gasteiger partial charge in [0.1, 0.15) is 6.34 Å². The van der Waals surface area contributed by atoms with Crippen LogP contribution in [0.2, 0.25) is 0 Å². The van der Waals surface area contributed by atoms with Gasteiger partial charge in [-0.2, -0.15) is 5.10 Å². The molecule has 1 saturated carbocycles. The Morgan fingerprint density at radius 1 is 1.28 bits per heavy atom. The zero-order valence-electron chi connectivity index (χ0n) is 17.3. The number of fused-ring (bicyclic) bond motifs is 1. The van der Waals surface area contributed by atoms with Crippen molar-refractivity contribution in [2.45, 2.75) is 45.2 Å². The van der Waals surface area contributed by atoms with E-state index >= 15 is 0 Å². The number of allylic oxidation sites excluding steroid dienone is 1. The van der Waals surface area contributed by atoms with Gasteiger partial charge in [-0.3, -0.25) is 14.6 Å². The highest BCUT2D eigenvalue weighted by Gasteiger charge is 2.30. The fourth-order valence-corrected chi connectivity index (χ4v) is 4.22.